The summed E-state index contributed by atoms with van der Waals surface area (Å²) in [5, 5.41) is 24.6. The van der Waals surface area contributed by atoms with Gasteiger partial charge in [-0.2, -0.15) is 4.98 Å². The minimum absolute atomic E-state index is 0.162. The summed E-state index contributed by atoms with van der Waals surface area (Å²) < 4.78 is 5.19. The fourth-order valence-corrected chi connectivity index (χ4v) is 2.58. The topological polar surface area (TPSA) is 105 Å². The van der Waals surface area contributed by atoms with Crippen LogP contribution in [0.4, 0.5) is 0 Å². The molecule has 0 aliphatic carbocycles. The molecule has 4 N–H and O–H groups in total. The number of benzene rings is 1. The highest BCUT2D eigenvalue weighted by atomic mass is 32.1. The van der Waals surface area contributed by atoms with E-state index in [2.05, 4.69) is 10.1 Å². The molecule has 3 rings (SSSR count). The number of rotatable bonds is 4. The minimum atomic E-state index is -0.477. The Kier molecular flexibility index (Phi) is 3.59. The quantitative estimate of drug-likeness (QED) is 0.639. The summed E-state index contributed by atoms with van der Waals surface area (Å²) in [6.07, 6.45) is 0.417. The van der Waals surface area contributed by atoms with Crippen LogP contribution in [-0.4, -0.2) is 20.4 Å². The van der Waals surface area contributed by atoms with Crippen LogP contribution in [0, 0.1) is 0 Å². The number of nitrogens with zero attached hydrogens (tertiary/aromatic N) is 2. The van der Waals surface area contributed by atoms with Crippen molar-refractivity contribution in [1.29, 1.82) is 0 Å². The van der Waals surface area contributed by atoms with E-state index in [1.165, 1.54) is 23.5 Å². The molecule has 0 aliphatic rings. The number of nitrogens with two attached hydrogens (primary N) is 1. The number of phenols is 2. The van der Waals surface area contributed by atoms with Crippen molar-refractivity contribution in [3.8, 4) is 22.2 Å². The van der Waals surface area contributed by atoms with E-state index in [0.29, 0.717) is 18.1 Å². The Morgan fingerprint density at radius 3 is 2.81 bits per heavy atom. The van der Waals surface area contributed by atoms with Crippen LogP contribution in [-0.2, 0) is 6.42 Å². The third-order valence-corrected chi connectivity index (χ3v) is 3.86. The molecular formula is C14H13N3O3S. The van der Waals surface area contributed by atoms with E-state index in [9.17, 15) is 10.2 Å². The van der Waals surface area contributed by atoms with Gasteiger partial charge in [0, 0.05) is 0 Å². The van der Waals surface area contributed by atoms with Gasteiger partial charge in [-0.05, 0) is 35.6 Å². The molecule has 0 spiro atoms. The molecule has 7 heteroatoms. The van der Waals surface area contributed by atoms with Crippen LogP contribution in [0.3, 0.4) is 0 Å². The molecule has 0 amide bonds. The summed E-state index contributed by atoms with van der Waals surface area (Å²) in [6, 6.07) is 7.91. The van der Waals surface area contributed by atoms with Gasteiger partial charge < -0.3 is 20.5 Å². The lowest BCUT2D eigenvalue weighted by Crippen LogP contribution is -2.13. The molecule has 0 saturated carbocycles. The zero-order valence-electron chi connectivity index (χ0n) is 10.9. The molecule has 0 radical (unpaired) electrons. The highest BCUT2D eigenvalue weighted by Gasteiger charge is 2.17. The second-order valence-corrected chi connectivity index (χ2v) is 5.51. The molecule has 6 nitrogen and oxygen atoms in total. The normalized spacial score (nSPS) is 12.4. The Hall–Kier alpha value is -2.38. The van der Waals surface area contributed by atoms with Crippen LogP contribution in [0.1, 0.15) is 17.5 Å². The van der Waals surface area contributed by atoms with Gasteiger partial charge in [-0.1, -0.05) is 17.3 Å². The lowest BCUT2D eigenvalue weighted by Gasteiger charge is -2.07. The Morgan fingerprint density at radius 2 is 2.10 bits per heavy atom. The molecule has 0 bridgehead atoms. The van der Waals surface area contributed by atoms with Crippen molar-refractivity contribution >= 4 is 11.3 Å². The Labute approximate surface area is 124 Å². The van der Waals surface area contributed by atoms with E-state index in [0.717, 1.165) is 10.4 Å². The largest absolute Gasteiger partial charge is 0.504 e. The summed E-state index contributed by atoms with van der Waals surface area (Å²) in [5.41, 5.74) is 6.82. The summed E-state index contributed by atoms with van der Waals surface area (Å²) in [7, 11) is 0. The van der Waals surface area contributed by atoms with E-state index < -0.39 is 6.04 Å². The summed E-state index contributed by atoms with van der Waals surface area (Å²) in [5.74, 6) is 0.518. The van der Waals surface area contributed by atoms with Crippen molar-refractivity contribution < 1.29 is 14.7 Å². The molecule has 21 heavy (non-hydrogen) atoms. The number of aromatic hydroxyl groups is 2. The van der Waals surface area contributed by atoms with Gasteiger partial charge in [-0.3, -0.25) is 0 Å². The van der Waals surface area contributed by atoms with Gasteiger partial charge in [0.15, 0.2) is 11.5 Å². The second-order valence-electron chi connectivity index (χ2n) is 4.57. The fourth-order valence-electron chi connectivity index (χ4n) is 1.93. The van der Waals surface area contributed by atoms with E-state index in [-0.39, 0.29) is 11.5 Å². The Bertz CT molecular complexity index is 740. The Morgan fingerprint density at radius 1 is 1.24 bits per heavy atom. The first-order valence-corrected chi connectivity index (χ1v) is 7.15. The first-order chi connectivity index (χ1) is 10.1. The third-order valence-electron chi connectivity index (χ3n) is 3.00. The molecule has 2 heterocycles. The lowest BCUT2D eigenvalue weighted by molar-refractivity contribution is 0.354. The van der Waals surface area contributed by atoms with Crippen molar-refractivity contribution in [2.24, 2.45) is 5.73 Å². The van der Waals surface area contributed by atoms with Gasteiger partial charge in [0.05, 0.1) is 10.9 Å². The van der Waals surface area contributed by atoms with Crippen molar-refractivity contribution in [2.75, 3.05) is 0 Å². The molecular weight excluding hydrogens is 290 g/mol. The molecule has 108 valence electrons. The summed E-state index contributed by atoms with van der Waals surface area (Å²) in [6.45, 7) is 0. The average molecular weight is 303 g/mol. The summed E-state index contributed by atoms with van der Waals surface area (Å²) >= 11 is 1.52. The number of aromatic nitrogens is 2. The smallest absolute Gasteiger partial charge is 0.244 e. The molecule has 0 aliphatic heterocycles. The van der Waals surface area contributed by atoms with Gasteiger partial charge >= 0.3 is 0 Å². The van der Waals surface area contributed by atoms with Crippen LogP contribution in [0.5, 0.6) is 11.5 Å². The third kappa shape index (κ3) is 2.88. The maximum absolute atomic E-state index is 9.47. The predicted octanol–water partition coefficient (Wildman–Crippen LogP) is 2.45. The second kappa shape index (κ2) is 5.55. The number of phenolic OH excluding ortho intramolecular Hbond substituents is 2. The van der Waals surface area contributed by atoms with Gasteiger partial charge in [0.25, 0.3) is 0 Å². The molecule has 1 atom stereocenters. The molecule has 2 aromatic heterocycles. The maximum atomic E-state index is 9.47. The molecule has 0 saturated heterocycles. The van der Waals surface area contributed by atoms with Crippen LogP contribution < -0.4 is 5.73 Å². The van der Waals surface area contributed by atoms with Crippen molar-refractivity contribution in [1.82, 2.24) is 10.1 Å². The van der Waals surface area contributed by atoms with Gasteiger partial charge in [-0.15, -0.1) is 11.3 Å². The molecule has 1 aromatic carbocycles. The molecule has 0 fully saturated rings. The molecule has 3 aromatic rings. The summed E-state index contributed by atoms with van der Waals surface area (Å²) in [4.78, 5) is 5.20. The van der Waals surface area contributed by atoms with E-state index >= 15 is 0 Å². The van der Waals surface area contributed by atoms with Gasteiger partial charge in [0.1, 0.15) is 0 Å². The number of hydrogen-bond donors (Lipinski definition) is 3. The monoisotopic (exact) mass is 303 g/mol. The maximum Gasteiger partial charge on any atom is 0.244 e. The number of thiophene rings is 1. The Balaban J connectivity index is 1.76. The van der Waals surface area contributed by atoms with E-state index in [4.69, 9.17) is 10.3 Å². The van der Waals surface area contributed by atoms with Crippen molar-refractivity contribution in [3.63, 3.8) is 0 Å². The van der Waals surface area contributed by atoms with Crippen LogP contribution >= 0.6 is 11.3 Å². The highest BCUT2D eigenvalue weighted by Crippen LogP contribution is 2.27. The zero-order valence-corrected chi connectivity index (χ0v) is 11.7. The van der Waals surface area contributed by atoms with Crippen LogP contribution in [0.25, 0.3) is 10.7 Å². The van der Waals surface area contributed by atoms with Crippen molar-refractivity contribution in [2.45, 2.75) is 12.5 Å². The SMILES string of the molecule is NC(Cc1ccc(O)c(O)c1)c1nc(-c2cccs2)no1. The minimum Gasteiger partial charge on any atom is -0.504 e. The van der Waals surface area contributed by atoms with E-state index in [1.54, 1.807) is 6.07 Å². The number of hydrogen-bond acceptors (Lipinski definition) is 7. The fraction of sp³-hybridized carbons (Fsp3) is 0.143. The van der Waals surface area contributed by atoms with E-state index in [1.807, 2.05) is 17.5 Å². The van der Waals surface area contributed by atoms with Crippen LogP contribution in [0.2, 0.25) is 0 Å². The van der Waals surface area contributed by atoms with Gasteiger partial charge in [-0.25, -0.2) is 0 Å². The zero-order chi connectivity index (χ0) is 14.8. The molecule has 1 unspecified atom stereocenters. The first-order valence-electron chi connectivity index (χ1n) is 6.27. The highest BCUT2D eigenvalue weighted by molar-refractivity contribution is 7.13. The van der Waals surface area contributed by atoms with Gasteiger partial charge in [0.2, 0.25) is 11.7 Å². The standard InChI is InChI=1S/C14H13N3O3S/c15-9(6-8-3-4-10(18)11(19)7-8)14-16-13(17-20-14)12-2-1-5-21-12/h1-5,7,9,18-19H,6,15H2. The van der Waals surface area contributed by atoms with Crippen LogP contribution in [0.15, 0.2) is 40.2 Å². The predicted molar refractivity (Wildman–Crippen MR) is 78.0 cm³/mol. The lowest BCUT2D eigenvalue weighted by atomic mass is 10.1. The van der Waals surface area contributed by atoms with Crippen molar-refractivity contribution in [3.05, 3.63) is 47.2 Å². The first kappa shape index (κ1) is 13.6. The average Bonchev–Trinajstić information content (AvgIpc) is 3.12.